The van der Waals surface area contributed by atoms with Crippen LogP contribution in [0.2, 0.25) is 0 Å². The molecule has 6 rings (SSSR count). The summed E-state index contributed by atoms with van der Waals surface area (Å²) in [4.78, 5) is 18.0. The number of nitrogens with zero attached hydrogens (tertiary/aromatic N) is 2. The first kappa shape index (κ1) is 23.5. The fourth-order valence-corrected chi connectivity index (χ4v) is 7.36. The molecule has 2 heterocycles. The zero-order valence-corrected chi connectivity index (χ0v) is 22.3. The molecule has 2 atom stereocenters. The number of nitrogens with one attached hydrogen (secondary N) is 1. The van der Waals surface area contributed by atoms with Crippen LogP contribution in [0, 0.1) is 27.7 Å². The Morgan fingerprint density at radius 2 is 1.66 bits per heavy atom. The van der Waals surface area contributed by atoms with E-state index in [1.165, 1.54) is 25.7 Å². The van der Waals surface area contributed by atoms with E-state index in [1.807, 2.05) is 42.2 Å². The summed E-state index contributed by atoms with van der Waals surface area (Å²) in [6.45, 7) is 4.72. The number of carbonyl (C=O) groups excluding carboxylic acids is 1. The van der Waals surface area contributed by atoms with Gasteiger partial charge in [-0.3, -0.25) is 4.79 Å². The predicted molar refractivity (Wildman–Crippen MR) is 145 cm³/mol. The summed E-state index contributed by atoms with van der Waals surface area (Å²) in [7, 11) is 0. The maximum atomic E-state index is 13.6. The molecular formula is C28H32F2IN3O. The van der Waals surface area contributed by atoms with Gasteiger partial charge in [-0.1, -0.05) is 0 Å². The number of halogens is 3. The second kappa shape index (κ2) is 8.60. The normalized spacial score (nSPS) is 26.2. The summed E-state index contributed by atoms with van der Waals surface area (Å²) < 4.78 is 28.4. The Balaban J connectivity index is 1.23. The van der Waals surface area contributed by atoms with Gasteiger partial charge in [-0.05, 0) is 114 Å². The van der Waals surface area contributed by atoms with Gasteiger partial charge in [0.1, 0.15) is 0 Å². The van der Waals surface area contributed by atoms with Crippen molar-refractivity contribution in [2.24, 2.45) is 17.3 Å². The van der Waals surface area contributed by atoms with Gasteiger partial charge in [0.15, 0.2) is 0 Å². The van der Waals surface area contributed by atoms with E-state index in [1.54, 1.807) is 0 Å². The van der Waals surface area contributed by atoms with Crippen molar-refractivity contribution in [1.29, 1.82) is 0 Å². The molecule has 2 aromatic rings. The quantitative estimate of drug-likeness (QED) is 0.402. The lowest BCUT2D eigenvalue weighted by Gasteiger charge is -2.40. The number of hydrogen-bond donors (Lipinski definition) is 1. The molecular weight excluding hydrogens is 559 g/mol. The highest BCUT2D eigenvalue weighted by molar-refractivity contribution is 14.1. The largest absolute Gasteiger partial charge is 0.371 e. The average Bonchev–Trinajstić information content (AvgIpc) is 3.56. The topological polar surface area (TPSA) is 35.6 Å². The lowest BCUT2D eigenvalue weighted by molar-refractivity contribution is -0.0220. The summed E-state index contributed by atoms with van der Waals surface area (Å²) in [5.74, 6) is -1.18. The molecule has 4 aliphatic rings. The molecule has 2 bridgehead atoms. The average molecular weight is 591 g/mol. The SMILES string of the molecule is Cc1cc(NC(=O)c2ccc(I)cc2N2C[C@H]3CC[C@@H](C2)C32CC2)cc(N2CCC(F)(F)CC2)c1. The fourth-order valence-electron chi connectivity index (χ4n) is 6.89. The predicted octanol–water partition coefficient (Wildman–Crippen LogP) is 6.71. The van der Waals surface area contributed by atoms with E-state index < -0.39 is 5.92 Å². The van der Waals surface area contributed by atoms with Crippen LogP contribution in [-0.2, 0) is 0 Å². The Morgan fingerprint density at radius 3 is 2.31 bits per heavy atom. The lowest BCUT2D eigenvalue weighted by Crippen LogP contribution is -2.43. The van der Waals surface area contributed by atoms with Gasteiger partial charge in [0, 0.05) is 54.0 Å². The number of amides is 1. The summed E-state index contributed by atoms with van der Waals surface area (Å²) >= 11 is 2.33. The molecule has 0 unspecified atom stereocenters. The van der Waals surface area contributed by atoms with Gasteiger partial charge in [0.05, 0.1) is 11.3 Å². The van der Waals surface area contributed by atoms with Crippen molar-refractivity contribution in [1.82, 2.24) is 0 Å². The molecule has 2 saturated carbocycles. The summed E-state index contributed by atoms with van der Waals surface area (Å²) in [5.41, 5.74) is 4.95. The van der Waals surface area contributed by atoms with E-state index in [0.29, 0.717) is 29.8 Å². The van der Waals surface area contributed by atoms with Crippen molar-refractivity contribution in [2.45, 2.75) is 51.4 Å². The minimum Gasteiger partial charge on any atom is -0.371 e. The van der Waals surface area contributed by atoms with Gasteiger partial charge < -0.3 is 15.1 Å². The second-order valence-electron chi connectivity index (χ2n) is 11.1. The second-order valence-corrected chi connectivity index (χ2v) is 12.4. The summed E-state index contributed by atoms with van der Waals surface area (Å²) in [5, 5.41) is 3.12. The third-order valence-corrected chi connectivity index (χ3v) is 9.59. The molecule has 186 valence electrons. The van der Waals surface area contributed by atoms with Crippen LogP contribution in [0.1, 0.15) is 54.4 Å². The molecule has 4 fully saturated rings. The first-order valence-electron chi connectivity index (χ1n) is 12.8. The van der Waals surface area contributed by atoms with Crippen LogP contribution in [0.4, 0.5) is 25.8 Å². The number of alkyl halides is 2. The fraction of sp³-hybridized carbons (Fsp3) is 0.536. The van der Waals surface area contributed by atoms with Crippen molar-refractivity contribution in [3.8, 4) is 0 Å². The number of anilines is 3. The van der Waals surface area contributed by atoms with Gasteiger partial charge in [0.25, 0.3) is 11.8 Å². The number of rotatable bonds is 4. The first-order chi connectivity index (χ1) is 16.7. The molecule has 2 saturated heterocycles. The van der Waals surface area contributed by atoms with Crippen molar-refractivity contribution in [3.63, 3.8) is 0 Å². The Labute approximate surface area is 219 Å². The van der Waals surface area contributed by atoms with E-state index in [9.17, 15) is 13.6 Å². The van der Waals surface area contributed by atoms with Gasteiger partial charge >= 0.3 is 0 Å². The first-order valence-corrected chi connectivity index (χ1v) is 13.9. The zero-order valence-electron chi connectivity index (χ0n) is 20.1. The van der Waals surface area contributed by atoms with Crippen LogP contribution < -0.4 is 15.1 Å². The molecule has 2 aliphatic heterocycles. The molecule has 0 radical (unpaired) electrons. The molecule has 4 nitrogen and oxygen atoms in total. The molecule has 1 spiro atoms. The number of carbonyl (C=O) groups is 1. The van der Waals surface area contributed by atoms with Crippen LogP contribution >= 0.6 is 22.6 Å². The summed E-state index contributed by atoms with van der Waals surface area (Å²) in [6, 6.07) is 12.0. The van der Waals surface area contributed by atoms with E-state index in [-0.39, 0.29) is 18.7 Å². The standard InChI is InChI=1S/C28H32F2IN3O/c1-18-12-22(15-23(13-18)33-10-8-28(29,30)9-11-33)32-26(35)24-5-4-21(31)14-25(24)34-16-19-2-3-20(17-34)27(19)6-7-27/h4-5,12-15,19-20H,2-3,6-11,16-17H2,1H3,(H,32,35)/t19-,20+. The van der Waals surface area contributed by atoms with Crippen LogP contribution in [0.5, 0.6) is 0 Å². The number of aryl methyl sites for hydroxylation is 1. The molecule has 1 N–H and O–H groups in total. The molecule has 7 heteroatoms. The smallest absolute Gasteiger partial charge is 0.257 e. The highest BCUT2D eigenvalue weighted by atomic mass is 127. The highest BCUT2D eigenvalue weighted by Crippen LogP contribution is 2.66. The van der Waals surface area contributed by atoms with E-state index in [2.05, 4.69) is 38.9 Å². The van der Waals surface area contributed by atoms with E-state index in [0.717, 1.165) is 45.4 Å². The van der Waals surface area contributed by atoms with E-state index in [4.69, 9.17) is 0 Å². The van der Waals surface area contributed by atoms with Crippen molar-refractivity contribution >= 4 is 45.6 Å². The number of hydrogen-bond acceptors (Lipinski definition) is 3. The number of benzene rings is 2. The van der Waals surface area contributed by atoms with Crippen molar-refractivity contribution in [2.75, 3.05) is 41.3 Å². The summed E-state index contributed by atoms with van der Waals surface area (Å²) in [6.07, 6.45) is 5.16. The number of piperidine rings is 2. The lowest BCUT2D eigenvalue weighted by atomic mass is 9.81. The molecule has 2 aliphatic carbocycles. The van der Waals surface area contributed by atoms with Crippen LogP contribution in [-0.4, -0.2) is 38.0 Å². The maximum absolute atomic E-state index is 13.6. The van der Waals surface area contributed by atoms with E-state index >= 15 is 0 Å². The Hall–Kier alpha value is -1.90. The Bertz CT molecular complexity index is 1140. The minimum absolute atomic E-state index is 0.114. The van der Waals surface area contributed by atoms with Crippen LogP contribution in [0.3, 0.4) is 0 Å². The van der Waals surface area contributed by atoms with Gasteiger partial charge in [-0.15, -0.1) is 0 Å². The monoisotopic (exact) mass is 591 g/mol. The molecule has 35 heavy (non-hydrogen) atoms. The van der Waals surface area contributed by atoms with Crippen LogP contribution in [0.25, 0.3) is 0 Å². The Morgan fingerprint density at radius 1 is 0.971 bits per heavy atom. The third kappa shape index (κ3) is 4.42. The molecule has 0 aromatic heterocycles. The van der Waals surface area contributed by atoms with Crippen LogP contribution in [0.15, 0.2) is 36.4 Å². The Kier molecular flexibility index (Phi) is 5.77. The minimum atomic E-state index is -2.58. The highest BCUT2D eigenvalue weighted by Gasteiger charge is 2.60. The third-order valence-electron chi connectivity index (χ3n) is 8.92. The van der Waals surface area contributed by atoms with Crippen molar-refractivity contribution in [3.05, 3.63) is 51.1 Å². The van der Waals surface area contributed by atoms with Crippen molar-refractivity contribution < 1.29 is 13.6 Å². The molecule has 2 aromatic carbocycles. The zero-order chi connectivity index (χ0) is 24.4. The maximum Gasteiger partial charge on any atom is 0.257 e. The van der Waals surface area contributed by atoms with Gasteiger partial charge in [-0.25, -0.2) is 8.78 Å². The van der Waals surface area contributed by atoms with Gasteiger partial charge in [0.2, 0.25) is 0 Å². The van der Waals surface area contributed by atoms with Gasteiger partial charge in [-0.2, -0.15) is 0 Å². The molecule has 1 amide bonds.